The number of thioether (sulfide) groups is 1. The second-order valence-corrected chi connectivity index (χ2v) is 6.02. The van der Waals surface area contributed by atoms with Crippen LogP contribution < -0.4 is 11.1 Å². The van der Waals surface area contributed by atoms with E-state index < -0.39 is 0 Å². The molecule has 102 valence electrons. The number of nitrogens with one attached hydrogen (secondary N) is 1. The summed E-state index contributed by atoms with van der Waals surface area (Å²) in [5, 5.41) is 3.56. The number of rotatable bonds is 8. The molecule has 4 heteroatoms. The first kappa shape index (κ1) is 15.3. The van der Waals surface area contributed by atoms with E-state index in [2.05, 4.69) is 31.1 Å². The maximum absolute atomic E-state index is 6.04. The van der Waals surface area contributed by atoms with Gasteiger partial charge in [0, 0.05) is 35.4 Å². The molecule has 0 aliphatic carbocycles. The highest BCUT2D eigenvalue weighted by molar-refractivity contribution is 7.99. The molecular weight excluding hydrogens is 242 g/mol. The van der Waals surface area contributed by atoms with Crippen molar-refractivity contribution >= 4 is 17.4 Å². The highest BCUT2D eigenvalue weighted by Crippen LogP contribution is 2.23. The van der Waals surface area contributed by atoms with Gasteiger partial charge in [0.05, 0.1) is 0 Å². The van der Waals surface area contributed by atoms with Gasteiger partial charge < -0.3 is 11.1 Å². The molecule has 0 amide bonds. The summed E-state index contributed by atoms with van der Waals surface area (Å²) < 4.78 is 0. The fourth-order valence-corrected chi connectivity index (χ4v) is 2.85. The second-order valence-electron chi connectivity index (χ2n) is 4.94. The molecule has 18 heavy (non-hydrogen) atoms. The zero-order chi connectivity index (χ0) is 13.4. The van der Waals surface area contributed by atoms with E-state index in [-0.39, 0.29) is 0 Å². The first-order valence-corrected chi connectivity index (χ1v) is 7.81. The van der Waals surface area contributed by atoms with Gasteiger partial charge in [0.15, 0.2) is 0 Å². The summed E-state index contributed by atoms with van der Waals surface area (Å²) in [5.41, 5.74) is 8.00. The van der Waals surface area contributed by atoms with Crippen LogP contribution in [0.15, 0.2) is 18.5 Å². The highest BCUT2D eigenvalue weighted by atomic mass is 32.2. The number of hydrogen-bond donors (Lipinski definition) is 2. The lowest BCUT2D eigenvalue weighted by atomic mass is 10.1. The topological polar surface area (TPSA) is 50.9 Å². The molecule has 1 aromatic heterocycles. The Morgan fingerprint density at radius 1 is 1.39 bits per heavy atom. The van der Waals surface area contributed by atoms with Crippen molar-refractivity contribution in [1.82, 2.24) is 10.3 Å². The zero-order valence-corrected chi connectivity index (χ0v) is 12.5. The van der Waals surface area contributed by atoms with Crippen LogP contribution >= 0.6 is 11.8 Å². The van der Waals surface area contributed by atoms with E-state index in [1.165, 1.54) is 5.75 Å². The van der Waals surface area contributed by atoms with Crippen LogP contribution in [0.4, 0.5) is 5.69 Å². The molecule has 1 unspecified atom stereocenters. The first-order valence-electron chi connectivity index (χ1n) is 6.65. The number of nitrogens with zero attached hydrogens (tertiary/aromatic N) is 1. The van der Waals surface area contributed by atoms with Gasteiger partial charge >= 0.3 is 0 Å². The van der Waals surface area contributed by atoms with Gasteiger partial charge in [-0.15, -0.1) is 0 Å². The fraction of sp³-hybridized carbons (Fsp3) is 0.643. The SMILES string of the molecule is CCCNC(CSCC(C)C)c1cnccc1N. The van der Waals surface area contributed by atoms with Crippen LogP contribution in [0.1, 0.15) is 38.8 Å². The molecule has 0 aromatic carbocycles. The average molecular weight is 267 g/mol. The monoisotopic (exact) mass is 267 g/mol. The Bertz CT molecular complexity index is 342. The first-order chi connectivity index (χ1) is 8.65. The van der Waals surface area contributed by atoms with Crippen molar-refractivity contribution in [1.29, 1.82) is 0 Å². The Balaban J connectivity index is 2.62. The zero-order valence-electron chi connectivity index (χ0n) is 11.6. The summed E-state index contributed by atoms with van der Waals surface area (Å²) in [6, 6.07) is 2.19. The van der Waals surface area contributed by atoms with Gasteiger partial charge in [0.2, 0.25) is 0 Å². The quantitative estimate of drug-likeness (QED) is 0.760. The Morgan fingerprint density at radius 2 is 2.17 bits per heavy atom. The lowest BCUT2D eigenvalue weighted by Crippen LogP contribution is -2.25. The third-order valence-electron chi connectivity index (χ3n) is 2.64. The van der Waals surface area contributed by atoms with E-state index in [4.69, 9.17) is 5.73 Å². The number of aromatic nitrogens is 1. The van der Waals surface area contributed by atoms with Gasteiger partial charge in [-0.25, -0.2) is 0 Å². The molecular formula is C14H25N3S. The van der Waals surface area contributed by atoms with E-state index in [1.807, 2.05) is 24.0 Å². The largest absolute Gasteiger partial charge is 0.398 e. The van der Waals surface area contributed by atoms with Gasteiger partial charge in [-0.1, -0.05) is 20.8 Å². The Labute approximate surface area is 115 Å². The number of anilines is 1. The van der Waals surface area contributed by atoms with E-state index >= 15 is 0 Å². The summed E-state index contributed by atoms with van der Waals surface area (Å²) in [4.78, 5) is 4.19. The lowest BCUT2D eigenvalue weighted by molar-refractivity contribution is 0.576. The minimum atomic E-state index is 0.308. The predicted molar refractivity (Wildman–Crippen MR) is 81.8 cm³/mol. The highest BCUT2D eigenvalue weighted by Gasteiger charge is 2.14. The molecule has 1 heterocycles. The molecule has 1 atom stereocenters. The van der Waals surface area contributed by atoms with Crippen molar-refractivity contribution in [2.24, 2.45) is 5.92 Å². The Morgan fingerprint density at radius 3 is 2.78 bits per heavy atom. The van der Waals surface area contributed by atoms with Gasteiger partial charge in [-0.05, 0) is 30.7 Å². The molecule has 0 saturated carbocycles. The summed E-state index contributed by atoms with van der Waals surface area (Å²) in [7, 11) is 0. The maximum Gasteiger partial charge on any atom is 0.0447 e. The molecule has 0 bridgehead atoms. The molecule has 3 N–H and O–H groups in total. The average Bonchev–Trinajstić information content (AvgIpc) is 2.34. The van der Waals surface area contributed by atoms with Gasteiger partial charge in [0.25, 0.3) is 0 Å². The van der Waals surface area contributed by atoms with Crippen molar-refractivity contribution in [2.75, 3.05) is 23.8 Å². The van der Waals surface area contributed by atoms with E-state index in [1.54, 1.807) is 6.20 Å². The summed E-state index contributed by atoms with van der Waals surface area (Å²) in [6.07, 6.45) is 4.76. The van der Waals surface area contributed by atoms with Crippen LogP contribution in [-0.4, -0.2) is 23.0 Å². The van der Waals surface area contributed by atoms with Gasteiger partial charge in [-0.3, -0.25) is 4.98 Å². The smallest absolute Gasteiger partial charge is 0.0447 e. The molecule has 3 nitrogen and oxygen atoms in total. The molecule has 0 fully saturated rings. The predicted octanol–water partition coefficient (Wildman–Crippen LogP) is 3.09. The minimum Gasteiger partial charge on any atom is -0.398 e. The molecule has 1 rings (SSSR count). The molecule has 0 aliphatic heterocycles. The number of nitrogen functional groups attached to an aromatic ring is 1. The van der Waals surface area contributed by atoms with E-state index in [9.17, 15) is 0 Å². The number of hydrogen-bond acceptors (Lipinski definition) is 4. The van der Waals surface area contributed by atoms with Crippen molar-refractivity contribution in [3.05, 3.63) is 24.0 Å². The molecule has 1 aromatic rings. The van der Waals surface area contributed by atoms with Crippen molar-refractivity contribution < 1.29 is 0 Å². The Kier molecular flexibility index (Phi) is 7.13. The standard InChI is InChI=1S/C14H25N3S/c1-4-6-17-14(10-18-9-11(2)3)12-8-16-7-5-13(12)15/h5,7-8,11,14,17H,4,6,9-10H2,1-3H3,(H2,15,16). The minimum absolute atomic E-state index is 0.308. The molecule has 0 saturated heterocycles. The van der Waals surface area contributed by atoms with Crippen molar-refractivity contribution in [2.45, 2.75) is 33.2 Å². The van der Waals surface area contributed by atoms with Crippen LogP contribution in [0.25, 0.3) is 0 Å². The molecule has 0 spiro atoms. The molecule has 0 radical (unpaired) electrons. The van der Waals surface area contributed by atoms with Crippen LogP contribution in [0.5, 0.6) is 0 Å². The van der Waals surface area contributed by atoms with Crippen molar-refractivity contribution in [3.8, 4) is 0 Å². The lowest BCUT2D eigenvalue weighted by Gasteiger charge is -2.20. The van der Waals surface area contributed by atoms with Crippen LogP contribution in [0.3, 0.4) is 0 Å². The van der Waals surface area contributed by atoms with Gasteiger partial charge in [0.1, 0.15) is 0 Å². The second kappa shape index (κ2) is 8.38. The molecule has 0 aliphatic rings. The van der Waals surface area contributed by atoms with Crippen LogP contribution in [0.2, 0.25) is 0 Å². The maximum atomic E-state index is 6.04. The summed E-state index contributed by atoms with van der Waals surface area (Å²) in [5.74, 6) is 2.96. The third-order valence-corrected chi connectivity index (χ3v) is 4.11. The van der Waals surface area contributed by atoms with E-state index in [0.29, 0.717) is 6.04 Å². The third kappa shape index (κ3) is 5.27. The fourth-order valence-electron chi connectivity index (χ4n) is 1.71. The Hall–Kier alpha value is -0.740. The van der Waals surface area contributed by atoms with E-state index in [0.717, 1.165) is 35.9 Å². The van der Waals surface area contributed by atoms with Gasteiger partial charge in [-0.2, -0.15) is 11.8 Å². The number of pyridine rings is 1. The number of nitrogens with two attached hydrogens (primary N) is 1. The van der Waals surface area contributed by atoms with Crippen molar-refractivity contribution in [3.63, 3.8) is 0 Å². The van der Waals surface area contributed by atoms with Crippen LogP contribution in [0, 0.1) is 5.92 Å². The summed E-state index contributed by atoms with van der Waals surface area (Å²) >= 11 is 1.98. The summed E-state index contributed by atoms with van der Waals surface area (Å²) in [6.45, 7) is 7.69. The van der Waals surface area contributed by atoms with Crippen LogP contribution in [-0.2, 0) is 0 Å². The normalized spacial score (nSPS) is 12.9.